The molecular formula is C22H27NO4. The first-order valence-corrected chi connectivity index (χ1v) is 9.53. The van der Waals surface area contributed by atoms with Crippen LogP contribution in [0.15, 0.2) is 48.5 Å². The molecule has 144 valence electrons. The van der Waals surface area contributed by atoms with Gasteiger partial charge in [0.05, 0.1) is 25.9 Å². The van der Waals surface area contributed by atoms with Gasteiger partial charge in [-0.3, -0.25) is 4.79 Å². The molecule has 1 aliphatic heterocycles. The third-order valence-electron chi connectivity index (χ3n) is 4.51. The molecule has 1 aliphatic rings. The minimum atomic E-state index is -0.0992. The second kappa shape index (κ2) is 10.1. The highest BCUT2D eigenvalue weighted by atomic mass is 16.5. The topological polar surface area (TPSA) is 56.8 Å². The SMILES string of the molecule is CCOc1ccc(C(=O)NC[C@H]2CCCO2)cc1COCc1ccccc1. The van der Waals surface area contributed by atoms with E-state index in [1.807, 2.05) is 49.4 Å². The van der Waals surface area contributed by atoms with Crippen molar-refractivity contribution in [2.75, 3.05) is 19.8 Å². The molecule has 1 saturated heterocycles. The van der Waals surface area contributed by atoms with Crippen molar-refractivity contribution >= 4 is 5.91 Å². The molecule has 0 bridgehead atoms. The van der Waals surface area contributed by atoms with Crippen LogP contribution in [0.25, 0.3) is 0 Å². The second-order valence-electron chi connectivity index (χ2n) is 6.58. The molecule has 2 aromatic carbocycles. The number of nitrogens with one attached hydrogen (secondary N) is 1. The highest BCUT2D eigenvalue weighted by Crippen LogP contribution is 2.22. The number of amides is 1. The van der Waals surface area contributed by atoms with E-state index in [9.17, 15) is 4.79 Å². The summed E-state index contributed by atoms with van der Waals surface area (Å²) in [5.74, 6) is 0.652. The van der Waals surface area contributed by atoms with E-state index in [4.69, 9.17) is 14.2 Å². The van der Waals surface area contributed by atoms with Crippen LogP contribution in [0.5, 0.6) is 5.75 Å². The molecule has 5 heteroatoms. The van der Waals surface area contributed by atoms with Gasteiger partial charge in [-0.25, -0.2) is 0 Å². The first-order chi connectivity index (χ1) is 13.3. The fourth-order valence-electron chi connectivity index (χ4n) is 3.10. The predicted octanol–water partition coefficient (Wildman–Crippen LogP) is 3.71. The number of carbonyl (C=O) groups is 1. The summed E-state index contributed by atoms with van der Waals surface area (Å²) in [6.45, 7) is 4.74. The van der Waals surface area contributed by atoms with Gasteiger partial charge in [-0.1, -0.05) is 30.3 Å². The maximum absolute atomic E-state index is 12.5. The molecule has 5 nitrogen and oxygen atoms in total. The predicted molar refractivity (Wildman–Crippen MR) is 104 cm³/mol. The lowest BCUT2D eigenvalue weighted by Crippen LogP contribution is -2.31. The third kappa shape index (κ3) is 5.81. The van der Waals surface area contributed by atoms with Gasteiger partial charge in [0.15, 0.2) is 0 Å². The van der Waals surface area contributed by atoms with E-state index < -0.39 is 0 Å². The fourth-order valence-corrected chi connectivity index (χ4v) is 3.10. The van der Waals surface area contributed by atoms with Crippen LogP contribution >= 0.6 is 0 Å². The zero-order valence-electron chi connectivity index (χ0n) is 15.8. The van der Waals surface area contributed by atoms with Gasteiger partial charge in [0.25, 0.3) is 5.91 Å². The summed E-state index contributed by atoms with van der Waals surface area (Å²) >= 11 is 0. The van der Waals surface area contributed by atoms with E-state index in [1.165, 1.54) is 0 Å². The Kier molecular flexibility index (Phi) is 7.25. The Morgan fingerprint density at radius 1 is 1.19 bits per heavy atom. The van der Waals surface area contributed by atoms with Crippen LogP contribution in [0.4, 0.5) is 0 Å². The van der Waals surface area contributed by atoms with Crippen molar-refractivity contribution in [1.29, 1.82) is 0 Å². The highest BCUT2D eigenvalue weighted by molar-refractivity contribution is 5.94. The summed E-state index contributed by atoms with van der Waals surface area (Å²) in [4.78, 5) is 12.5. The number of hydrogen-bond acceptors (Lipinski definition) is 4. The molecule has 0 unspecified atom stereocenters. The van der Waals surface area contributed by atoms with Gasteiger partial charge in [0, 0.05) is 24.3 Å². The van der Waals surface area contributed by atoms with Crippen molar-refractivity contribution in [3.8, 4) is 5.75 Å². The number of benzene rings is 2. The molecule has 0 aromatic heterocycles. The molecule has 1 N–H and O–H groups in total. The molecule has 1 atom stereocenters. The van der Waals surface area contributed by atoms with Gasteiger partial charge in [0.1, 0.15) is 5.75 Å². The van der Waals surface area contributed by atoms with Gasteiger partial charge in [-0.05, 0) is 43.5 Å². The van der Waals surface area contributed by atoms with Crippen molar-refractivity contribution < 1.29 is 19.0 Å². The Morgan fingerprint density at radius 3 is 2.78 bits per heavy atom. The van der Waals surface area contributed by atoms with Crippen molar-refractivity contribution in [3.63, 3.8) is 0 Å². The van der Waals surface area contributed by atoms with Gasteiger partial charge >= 0.3 is 0 Å². The van der Waals surface area contributed by atoms with Gasteiger partial charge in [-0.2, -0.15) is 0 Å². The maximum atomic E-state index is 12.5. The van der Waals surface area contributed by atoms with Gasteiger partial charge < -0.3 is 19.5 Å². The minimum Gasteiger partial charge on any atom is -0.494 e. The second-order valence-corrected chi connectivity index (χ2v) is 6.58. The van der Waals surface area contributed by atoms with Crippen LogP contribution < -0.4 is 10.1 Å². The minimum absolute atomic E-state index is 0.0992. The van der Waals surface area contributed by atoms with Crippen molar-refractivity contribution in [2.24, 2.45) is 0 Å². The summed E-state index contributed by atoms with van der Waals surface area (Å²) < 4.78 is 17.1. The quantitative estimate of drug-likeness (QED) is 0.732. The molecule has 0 radical (unpaired) electrons. The first kappa shape index (κ1) is 19.4. The van der Waals surface area contributed by atoms with Crippen molar-refractivity contribution in [3.05, 3.63) is 65.2 Å². The zero-order chi connectivity index (χ0) is 18.9. The molecule has 1 amide bonds. The van der Waals surface area contributed by atoms with E-state index in [0.29, 0.717) is 31.9 Å². The van der Waals surface area contributed by atoms with Crippen molar-refractivity contribution in [2.45, 2.75) is 39.1 Å². The van der Waals surface area contributed by atoms with E-state index in [0.717, 1.165) is 36.3 Å². The maximum Gasteiger partial charge on any atom is 0.251 e. The largest absolute Gasteiger partial charge is 0.494 e. The van der Waals surface area contributed by atoms with Crippen LogP contribution in [0.3, 0.4) is 0 Å². The van der Waals surface area contributed by atoms with E-state index in [-0.39, 0.29) is 12.0 Å². The summed E-state index contributed by atoms with van der Waals surface area (Å²) in [5.41, 5.74) is 2.59. The number of carbonyl (C=O) groups excluding carboxylic acids is 1. The number of hydrogen-bond donors (Lipinski definition) is 1. The highest BCUT2D eigenvalue weighted by Gasteiger charge is 2.17. The Balaban J connectivity index is 1.61. The summed E-state index contributed by atoms with van der Waals surface area (Å²) in [6, 6.07) is 15.5. The van der Waals surface area contributed by atoms with Crippen LogP contribution in [-0.4, -0.2) is 31.8 Å². The van der Waals surface area contributed by atoms with Crippen LogP contribution in [-0.2, 0) is 22.7 Å². The Morgan fingerprint density at radius 2 is 2.04 bits per heavy atom. The molecule has 1 heterocycles. The van der Waals surface area contributed by atoms with Crippen molar-refractivity contribution in [1.82, 2.24) is 5.32 Å². The van der Waals surface area contributed by atoms with Gasteiger partial charge in [0.2, 0.25) is 0 Å². The number of ether oxygens (including phenoxy) is 3. The van der Waals surface area contributed by atoms with Crippen LogP contribution in [0, 0.1) is 0 Å². The molecule has 1 fully saturated rings. The van der Waals surface area contributed by atoms with Gasteiger partial charge in [-0.15, -0.1) is 0 Å². The molecule has 2 aromatic rings. The number of rotatable bonds is 9. The molecule has 3 rings (SSSR count). The lowest BCUT2D eigenvalue weighted by Gasteiger charge is -2.14. The Bertz CT molecular complexity index is 726. The molecule has 0 aliphatic carbocycles. The normalized spacial score (nSPS) is 16.3. The van der Waals surface area contributed by atoms with E-state index >= 15 is 0 Å². The zero-order valence-corrected chi connectivity index (χ0v) is 15.8. The lowest BCUT2D eigenvalue weighted by molar-refractivity contribution is 0.0856. The van der Waals surface area contributed by atoms with Crippen LogP contribution in [0.2, 0.25) is 0 Å². The average molecular weight is 369 g/mol. The molecule has 0 spiro atoms. The average Bonchev–Trinajstić information content (AvgIpc) is 3.22. The Labute approximate surface area is 160 Å². The fraction of sp³-hybridized carbons (Fsp3) is 0.409. The molecule has 0 saturated carbocycles. The Hall–Kier alpha value is -2.37. The summed E-state index contributed by atoms with van der Waals surface area (Å²) in [6.07, 6.45) is 2.19. The standard InChI is InChI=1S/C22H27NO4/c1-2-26-21-11-10-18(22(24)23-14-20-9-6-12-27-20)13-19(21)16-25-15-17-7-4-3-5-8-17/h3-5,7-8,10-11,13,20H,2,6,9,12,14-16H2,1H3,(H,23,24)/t20-/m1/s1. The summed E-state index contributed by atoms with van der Waals surface area (Å²) in [5, 5.41) is 2.96. The van der Waals surface area contributed by atoms with Crippen LogP contribution in [0.1, 0.15) is 41.3 Å². The first-order valence-electron chi connectivity index (χ1n) is 9.53. The molecular weight excluding hydrogens is 342 g/mol. The van der Waals surface area contributed by atoms with E-state index in [1.54, 1.807) is 6.07 Å². The summed E-state index contributed by atoms with van der Waals surface area (Å²) in [7, 11) is 0. The third-order valence-corrected chi connectivity index (χ3v) is 4.51. The monoisotopic (exact) mass is 369 g/mol. The van der Waals surface area contributed by atoms with E-state index in [2.05, 4.69) is 5.32 Å². The molecule has 27 heavy (non-hydrogen) atoms. The smallest absolute Gasteiger partial charge is 0.251 e. The lowest BCUT2D eigenvalue weighted by atomic mass is 10.1.